The number of nitrogens with zero attached hydrogens (tertiary/aromatic N) is 4. The second-order valence-corrected chi connectivity index (χ2v) is 6.51. The van der Waals surface area contributed by atoms with Crippen LogP contribution in [-0.4, -0.2) is 39.1 Å². The quantitative estimate of drug-likeness (QED) is 0.907. The third-order valence-electron chi connectivity index (χ3n) is 3.95. The summed E-state index contributed by atoms with van der Waals surface area (Å²) in [6, 6.07) is 0.331. The second kappa shape index (κ2) is 8.06. The van der Waals surface area contributed by atoms with Crippen LogP contribution in [0.15, 0.2) is 17.8 Å². The Balaban J connectivity index is 0.00000176. The van der Waals surface area contributed by atoms with E-state index in [0.29, 0.717) is 6.04 Å². The molecule has 0 saturated carbocycles. The largest absolute Gasteiger partial charge is 0.337 e. The van der Waals surface area contributed by atoms with Crippen LogP contribution in [0.3, 0.4) is 0 Å². The van der Waals surface area contributed by atoms with Crippen LogP contribution in [-0.2, 0) is 20.0 Å². The molecule has 0 amide bonds. The lowest BCUT2D eigenvalue weighted by atomic mass is 10.2. The summed E-state index contributed by atoms with van der Waals surface area (Å²) in [7, 11) is 2.07. The Kier molecular flexibility index (Phi) is 6.37. The van der Waals surface area contributed by atoms with Crippen LogP contribution in [0, 0.1) is 0 Å². The highest BCUT2D eigenvalue weighted by molar-refractivity contribution is 7.09. The summed E-state index contributed by atoms with van der Waals surface area (Å²) in [5.74, 6) is 1.13. The van der Waals surface area contributed by atoms with Crippen molar-refractivity contribution >= 4 is 23.7 Å². The van der Waals surface area contributed by atoms with Gasteiger partial charge in [-0.2, -0.15) is 0 Å². The van der Waals surface area contributed by atoms with Crippen molar-refractivity contribution in [3.8, 4) is 0 Å². The first-order chi connectivity index (χ1) is 10.3. The van der Waals surface area contributed by atoms with E-state index < -0.39 is 0 Å². The number of piperazine rings is 1. The maximum absolute atomic E-state index is 4.76. The monoisotopic (exact) mass is 341 g/mol. The highest BCUT2D eigenvalue weighted by Crippen LogP contribution is 2.24. The van der Waals surface area contributed by atoms with Crippen LogP contribution in [0.2, 0.25) is 0 Å². The minimum atomic E-state index is 0. The number of thiazole rings is 1. The molecule has 0 aliphatic carbocycles. The van der Waals surface area contributed by atoms with E-state index in [9.17, 15) is 0 Å². The highest BCUT2D eigenvalue weighted by Gasteiger charge is 2.27. The predicted octanol–water partition coefficient (Wildman–Crippen LogP) is 2.40. The normalized spacial score (nSPS) is 19.1. The number of imidazole rings is 1. The van der Waals surface area contributed by atoms with Gasteiger partial charge in [0.1, 0.15) is 10.8 Å². The zero-order valence-corrected chi connectivity index (χ0v) is 14.8. The van der Waals surface area contributed by atoms with E-state index in [-0.39, 0.29) is 12.4 Å². The Morgan fingerprint density at radius 2 is 2.32 bits per heavy atom. The van der Waals surface area contributed by atoms with Crippen molar-refractivity contribution in [2.75, 3.05) is 19.6 Å². The molecule has 1 aliphatic heterocycles. The summed E-state index contributed by atoms with van der Waals surface area (Å²) < 4.78 is 2.12. The molecule has 5 nitrogen and oxygen atoms in total. The van der Waals surface area contributed by atoms with E-state index in [0.717, 1.165) is 44.8 Å². The minimum absolute atomic E-state index is 0. The number of hydrogen-bond acceptors (Lipinski definition) is 5. The molecule has 0 aromatic carbocycles. The van der Waals surface area contributed by atoms with Gasteiger partial charge < -0.3 is 9.88 Å². The molecule has 1 aliphatic rings. The fraction of sp³-hybridized carbons (Fsp3) is 0.600. The fourth-order valence-corrected chi connectivity index (χ4v) is 3.71. The van der Waals surface area contributed by atoms with Crippen molar-refractivity contribution < 1.29 is 0 Å². The second-order valence-electron chi connectivity index (χ2n) is 5.57. The molecule has 0 radical (unpaired) electrons. The lowest BCUT2D eigenvalue weighted by molar-refractivity contribution is 0.144. The van der Waals surface area contributed by atoms with Crippen LogP contribution >= 0.6 is 23.7 Å². The first-order valence-electron chi connectivity index (χ1n) is 7.63. The third kappa shape index (κ3) is 3.87. The summed E-state index contributed by atoms with van der Waals surface area (Å²) in [6.45, 7) is 6.16. The van der Waals surface area contributed by atoms with E-state index in [2.05, 4.69) is 39.1 Å². The van der Waals surface area contributed by atoms with Crippen LogP contribution in [0.4, 0.5) is 0 Å². The topological polar surface area (TPSA) is 46.0 Å². The minimum Gasteiger partial charge on any atom is -0.337 e. The molecule has 3 heterocycles. The Morgan fingerprint density at radius 3 is 3.05 bits per heavy atom. The van der Waals surface area contributed by atoms with Gasteiger partial charge in [0.2, 0.25) is 0 Å². The van der Waals surface area contributed by atoms with Gasteiger partial charge in [-0.25, -0.2) is 9.97 Å². The van der Waals surface area contributed by atoms with Gasteiger partial charge in [0, 0.05) is 44.5 Å². The third-order valence-corrected chi connectivity index (χ3v) is 4.84. The van der Waals surface area contributed by atoms with Gasteiger partial charge in [-0.05, 0) is 6.42 Å². The van der Waals surface area contributed by atoms with Gasteiger partial charge in [-0.3, -0.25) is 4.90 Å². The molecule has 0 spiro atoms. The smallest absolute Gasteiger partial charge is 0.127 e. The predicted molar refractivity (Wildman–Crippen MR) is 92.6 cm³/mol. The molecule has 2 aromatic rings. The van der Waals surface area contributed by atoms with Gasteiger partial charge in [0.15, 0.2) is 0 Å². The highest BCUT2D eigenvalue weighted by atomic mass is 35.5. The lowest BCUT2D eigenvalue weighted by Gasteiger charge is -2.35. The van der Waals surface area contributed by atoms with Crippen LogP contribution < -0.4 is 5.32 Å². The van der Waals surface area contributed by atoms with E-state index >= 15 is 0 Å². The van der Waals surface area contributed by atoms with Crippen LogP contribution in [0.25, 0.3) is 0 Å². The molecule has 0 bridgehead atoms. The molecule has 1 N–H and O–H groups in total. The number of rotatable bonds is 5. The number of aryl methyl sites for hydroxylation is 2. The molecule has 1 saturated heterocycles. The average Bonchev–Trinajstić information content (AvgIpc) is 3.09. The molecule has 1 unspecified atom stereocenters. The maximum atomic E-state index is 4.76. The zero-order valence-electron chi connectivity index (χ0n) is 13.2. The van der Waals surface area contributed by atoms with E-state index in [1.807, 2.05) is 12.4 Å². The van der Waals surface area contributed by atoms with Crippen molar-refractivity contribution in [1.82, 2.24) is 24.8 Å². The van der Waals surface area contributed by atoms with Crippen molar-refractivity contribution in [3.63, 3.8) is 0 Å². The van der Waals surface area contributed by atoms with Gasteiger partial charge in [-0.15, -0.1) is 23.7 Å². The first kappa shape index (κ1) is 17.4. The standard InChI is InChI=1S/C15H23N5S.ClH/c1-3-4-12-11-21-14(18-12)10-20-8-5-16-9-13(20)15-17-6-7-19(15)2;/h6-7,11,13,16H,3-5,8-10H2,1-2H3;1H. The average molecular weight is 342 g/mol. The molecule has 7 heteroatoms. The summed E-state index contributed by atoms with van der Waals surface area (Å²) in [5.41, 5.74) is 1.24. The summed E-state index contributed by atoms with van der Waals surface area (Å²) in [5, 5.41) is 6.91. The molecule has 1 atom stereocenters. The molecule has 22 heavy (non-hydrogen) atoms. The summed E-state index contributed by atoms with van der Waals surface area (Å²) >= 11 is 1.79. The van der Waals surface area contributed by atoms with Crippen molar-refractivity contribution in [2.45, 2.75) is 32.4 Å². The maximum Gasteiger partial charge on any atom is 0.127 e. The van der Waals surface area contributed by atoms with Crippen molar-refractivity contribution in [3.05, 3.63) is 34.3 Å². The molecular formula is C15H24ClN5S. The van der Waals surface area contributed by atoms with Gasteiger partial charge in [0.25, 0.3) is 0 Å². The van der Waals surface area contributed by atoms with Gasteiger partial charge in [-0.1, -0.05) is 13.3 Å². The molecule has 3 rings (SSSR count). The van der Waals surface area contributed by atoms with E-state index in [4.69, 9.17) is 4.98 Å². The summed E-state index contributed by atoms with van der Waals surface area (Å²) in [4.78, 5) is 11.8. The Morgan fingerprint density at radius 1 is 1.45 bits per heavy atom. The molecule has 122 valence electrons. The first-order valence-corrected chi connectivity index (χ1v) is 8.51. The Labute approximate surface area is 142 Å². The lowest BCUT2D eigenvalue weighted by Crippen LogP contribution is -2.46. The fourth-order valence-electron chi connectivity index (χ4n) is 2.85. The zero-order chi connectivity index (χ0) is 14.7. The SMILES string of the molecule is CCCc1csc(CN2CCNCC2c2nccn2C)n1.Cl. The number of hydrogen-bond donors (Lipinski definition) is 1. The number of halogens is 1. The molecule has 2 aromatic heterocycles. The van der Waals surface area contributed by atoms with E-state index in [1.54, 1.807) is 11.3 Å². The van der Waals surface area contributed by atoms with Crippen molar-refractivity contribution in [1.29, 1.82) is 0 Å². The Bertz CT molecular complexity index is 582. The molecular weight excluding hydrogens is 318 g/mol. The van der Waals surface area contributed by atoms with Crippen molar-refractivity contribution in [2.24, 2.45) is 7.05 Å². The van der Waals surface area contributed by atoms with Crippen LogP contribution in [0.5, 0.6) is 0 Å². The van der Waals surface area contributed by atoms with Crippen LogP contribution in [0.1, 0.15) is 35.9 Å². The van der Waals surface area contributed by atoms with Gasteiger partial charge in [0.05, 0.1) is 18.3 Å². The Hall–Kier alpha value is -0.950. The van der Waals surface area contributed by atoms with Gasteiger partial charge >= 0.3 is 0 Å². The molecule has 1 fully saturated rings. The number of aromatic nitrogens is 3. The summed E-state index contributed by atoms with van der Waals surface area (Å²) in [6.07, 6.45) is 6.14. The number of nitrogens with one attached hydrogen (secondary N) is 1. The van der Waals surface area contributed by atoms with E-state index in [1.165, 1.54) is 10.7 Å².